The van der Waals surface area contributed by atoms with Crippen molar-refractivity contribution >= 4 is 29.3 Å². The lowest BCUT2D eigenvalue weighted by atomic mass is 9.96. The molecule has 9 heteroatoms. The van der Waals surface area contributed by atoms with E-state index in [0.717, 1.165) is 0 Å². The van der Waals surface area contributed by atoms with Crippen LogP contribution in [0.15, 0.2) is 54.9 Å². The number of ether oxygens (including phenoxy) is 1. The van der Waals surface area contributed by atoms with Crippen molar-refractivity contribution in [2.24, 2.45) is 5.92 Å². The average molecular weight is 428 g/mol. The predicted octanol–water partition coefficient (Wildman–Crippen LogP) is 4.31. The first-order chi connectivity index (χ1) is 14.6. The van der Waals surface area contributed by atoms with E-state index >= 15 is 0 Å². The van der Waals surface area contributed by atoms with Crippen LogP contribution in [0.1, 0.15) is 12.8 Å². The summed E-state index contributed by atoms with van der Waals surface area (Å²) in [6, 6.07) is 10.7. The third-order valence-electron chi connectivity index (χ3n) is 4.78. The van der Waals surface area contributed by atoms with E-state index in [4.69, 9.17) is 16.3 Å². The summed E-state index contributed by atoms with van der Waals surface area (Å²) in [6.45, 7) is 1.29. The summed E-state index contributed by atoms with van der Waals surface area (Å²) in [5, 5.41) is 3.35. The molecule has 4 rings (SSSR count). The van der Waals surface area contributed by atoms with Gasteiger partial charge in [0.2, 0.25) is 17.7 Å². The molecular formula is C21H19ClFN5O2. The van der Waals surface area contributed by atoms with Crippen molar-refractivity contribution in [2.75, 3.05) is 23.3 Å². The molecule has 0 atom stereocenters. The number of carbonyl (C=O) groups is 1. The number of pyridine rings is 1. The van der Waals surface area contributed by atoms with Gasteiger partial charge in [0.25, 0.3) is 0 Å². The number of benzene rings is 1. The van der Waals surface area contributed by atoms with E-state index in [1.165, 1.54) is 30.5 Å². The molecule has 3 aromatic rings. The fourth-order valence-corrected chi connectivity index (χ4v) is 3.30. The van der Waals surface area contributed by atoms with Gasteiger partial charge >= 0.3 is 0 Å². The van der Waals surface area contributed by atoms with Gasteiger partial charge < -0.3 is 15.0 Å². The van der Waals surface area contributed by atoms with Crippen molar-refractivity contribution in [1.82, 2.24) is 15.0 Å². The fraction of sp³-hybridized carbons (Fsp3) is 0.238. The van der Waals surface area contributed by atoms with E-state index in [2.05, 4.69) is 20.3 Å². The normalized spacial score (nSPS) is 14.4. The molecule has 0 saturated carbocycles. The molecule has 30 heavy (non-hydrogen) atoms. The molecule has 0 spiro atoms. The van der Waals surface area contributed by atoms with Gasteiger partial charge in [0.15, 0.2) is 0 Å². The van der Waals surface area contributed by atoms with Crippen molar-refractivity contribution in [3.63, 3.8) is 0 Å². The molecule has 2 aromatic heterocycles. The highest BCUT2D eigenvalue weighted by atomic mass is 35.5. The van der Waals surface area contributed by atoms with Crippen LogP contribution in [0.25, 0.3) is 0 Å². The summed E-state index contributed by atoms with van der Waals surface area (Å²) in [5.74, 6) is 1.39. The first-order valence-corrected chi connectivity index (χ1v) is 9.88. The summed E-state index contributed by atoms with van der Waals surface area (Å²) in [6.07, 6.45) is 4.46. The number of nitrogens with one attached hydrogen (secondary N) is 1. The van der Waals surface area contributed by atoms with Crippen LogP contribution in [0.2, 0.25) is 5.02 Å². The van der Waals surface area contributed by atoms with E-state index in [1.807, 2.05) is 4.90 Å². The highest BCUT2D eigenvalue weighted by Gasteiger charge is 2.26. The number of rotatable bonds is 5. The summed E-state index contributed by atoms with van der Waals surface area (Å²) in [4.78, 5) is 27.4. The number of piperidine rings is 1. The Morgan fingerprint density at radius 3 is 2.57 bits per heavy atom. The zero-order valence-electron chi connectivity index (χ0n) is 16.0. The minimum Gasteiger partial charge on any atom is -0.439 e. The number of hydrogen-bond donors (Lipinski definition) is 1. The quantitative estimate of drug-likeness (QED) is 0.653. The average Bonchev–Trinajstić information content (AvgIpc) is 2.77. The largest absolute Gasteiger partial charge is 0.439 e. The van der Waals surface area contributed by atoms with Crippen LogP contribution >= 0.6 is 11.6 Å². The lowest BCUT2D eigenvalue weighted by molar-refractivity contribution is -0.120. The van der Waals surface area contributed by atoms with Crippen molar-refractivity contribution in [2.45, 2.75) is 12.8 Å². The smallest absolute Gasteiger partial charge is 0.228 e. The van der Waals surface area contributed by atoms with Crippen molar-refractivity contribution in [1.29, 1.82) is 0 Å². The Balaban J connectivity index is 1.34. The molecule has 0 aliphatic carbocycles. The number of carbonyl (C=O) groups excluding carboxylic acids is 1. The lowest BCUT2D eigenvalue weighted by Gasteiger charge is -2.31. The Kier molecular flexibility index (Phi) is 6.04. The number of hydrogen-bond acceptors (Lipinski definition) is 6. The third kappa shape index (κ3) is 5.01. The molecule has 0 radical (unpaired) electrons. The molecule has 154 valence electrons. The molecule has 1 aromatic carbocycles. The van der Waals surface area contributed by atoms with Crippen LogP contribution in [-0.4, -0.2) is 33.9 Å². The van der Waals surface area contributed by atoms with E-state index in [-0.39, 0.29) is 17.6 Å². The summed E-state index contributed by atoms with van der Waals surface area (Å²) >= 11 is 5.82. The second-order valence-electron chi connectivity index (χ2n) is 6.86. The fourth-order valence-electron chi connectivity index (χ4n) is 3.18. The van der Waals surface area contributed by atoms with Crippen LogP contribution < -0.4 is 15.0 Å². The minimum atomic E-state index is -0.329. The Labute approximate surface area is 177 Å². The van der Waals surface area contributed by atoms with Gasteiger partial charge in [-0.05, 0) is 49.2 Å². The first kappa shape index (κ1) is 20.0. The van der Waals surface area contributed by atoms with E-state index < -0.39 is 0 Å². The summed E-state index contributed by atoms with van der Waals surface area (Å²) < 4.78 is 18.7. The van der Waals surface area contributed by atoms with Gasteiger partial charge in [0.05, 0.1) is 5.02 Å². The van der Waals surface area contributed by atoms with Crippen LogP contribution in [0, 0.1) is 11.7 Å². The second-order valence-corrected chi connectivity index (χ2v) is 7.30. The number of aromatic nitrogens is 3. The maximum atomic E-state index is 13.0. The summed E-state index contributed by atoms with van der Waals surface area (Å²) in [7, 11) is 0. The van der Waals surface area contributed by atoms with E-state index in [0.29, 0.717) is 54.3 Å². The highest BCUT2D eigenvalue weighted by molar-refractivity contribution is 6.30. The molecule has 1 fully saturated rings. The topological polar surface area (TPSA) is 80.2 Å². The van der Waals surface area contributed by atoms with Gasteiger partial charge in [-0.15, -0.1) is 0 Å². The molecule has 7 nitrogen and oxygen atoms in total. The first-order valence-electron chi connectivity index (χ1n) is 9.51. The van der Waals surface area contributed by atoms with Crippen LogP contribution in [0.5, 0.6) is 11.6 Å². The minimum absolute atomic E-state index is 0.0567. The van der Waals surface area contributed by atoms with Gasteiger partial charge in [-0.3, -0.25) is 4.79 Å². The maximum absolute atomic E-state index is 13.0. The van der Waals surface area contributed by atoms with Gasteiger partial charge in [0, 0.05) is 37.5 Å². The second kappa shape index (κ2) is 9.04. The van der Waals surface area contributed by atoms with Crippen LogP contribution in [0.4, 0.5) is 16.2 Å². The Hall–Kier alpha value is -3.26. The number of anilines is 2. The van der Waals surface area contributed by atoms with E-state index in [9.17, 15) is 9.18 Å². The number of amides is 1. The van der Waals surface area contributed by atoms with Gasteiger partial charge in [-0.2, -0.15) is 4.98 Å². The molecule has 3 heterocycles. The van der Waals surface area contributed by atoms with Gasteiger partial charge in [-0.1, -0.05) is 11.6 Å². The number of halogens is 2. The predicted molar refractivity (Wildman–Crippen MR) is 111 cm³/mol. The Bertz CT molecular complexity index is 1010. The molecule has 1 amide bonds. The zero-order valence-corrected chi connectivity index (χ0v) is 16.7. The van der Waals surface area contributed by atoms with Crippen molar-refractivity contribution in [3.05, 3.63) is 65.7 Å². The Morgan fingerprint density at radius 1 is 1.10 bits per heavy atom. The standard InChI is InChI=1S/C21H19ClFN5O2/c22-15-1-6-18(25-13-15)26-20(29)14-8-11-28(12-9-14)21-24-10-7-19(27-21)30-17-4-2-16(23)3-5-17/h1-7,10,13-14H,8-9,11-12H2,(H,25,26,29). The molecule has 1 aliphatic rings. The van der Waals surface area contributed by atoms with Crippen molar-refractivity contribution < 1.29 is 13.9 Å². The van der Waals surface area contributed by atoms with Crippen molar-refractivity contribution in [3.8, 4) is 11.6 Å². The Morgan fingerprint density at radius 2 is 1.87 bits per heavy atom. The third-order valence-corrected chi connectivity index (χ3v) is 5.00. The molecule has 0 bridgehead atoms. The molecule has 1 aliphatic heterocycles. The monoisotopic (exact) mass is 427 g/mol. The summed E-state index contributed by atoms with van der Waals surface area (Å²) in [5.41, 5.74) is 0. The lowest BCUT2D eigenvalue weighted by Crippen LogP contribution is -2.39. The van der Waals surface area contributed by atoms with Crippen LogP contribution in [-0.2, 0) is 4.79 Å². The molecule has 0 unspecified atom stereocenters. The maximum Gasteiger partial charge on any atom is 0.228 e. The number of nitrogens with zero attached hydrogens (tertiary/aromatic N) is 4. The highest BCUT2D eigenvalue weighted by Crippen LogP contribution is 2.25. The molecular weight excluding hydrogens is 409 g/mol. The van der Waals surface area contributed by atoms with E-state index in [1.54, 1.807) is 24.4 Å². The van der Waals surface area contributed by atoms with Crippen LogP contribution in [0.3, 0.4) is 0 Å². The molecule has 1 saturated heterocycles. The molecule has 1 N–H and O–H groups in total. The van der Waals surface area contributed by atoms with Gasteiger partial charge in [0.1, 0.15) is 17.4 Å². The zero-order chi connectivity index (χ0) is 20.9. The SMILES string of the molecule is O=C(Nc1ccc(Cl)cn1)C1CCN(c2nccc(Oc3ccc(F)cc3)n2)CC1. The van der Waals surface area contributed by atoms with Gasteiger partial charge in [-0.25, -0.2) is 14.4 Å².